The van der Waals surface area contributed by atoms with E-state index in [2.05, 4.69) is 22.3 Å². The number of nitrogens with one attached hydrogen (secondary N) is 1. The molecule has 8 heteroatoms. The highest BCUT2D eigenvalue weighted by atomic mass is 35.5. The maximum absolute atomic E-state index is 14.1. The lowest BCUT2D eigenvalue weighted by Gasteiger charge is -2.49. The normalized spacial score (nSPS) is 14.2. The summed E-state index contributed by atoms with van der Waals surface area (Å²) in [4.78, 5) is 29.2. The molecule has 208 valence electrons. The van der Waals surface area contributed by atoms with Gasteiger partial charge >= 0.3 is 0 Å². The Bertz CT molecular complexity index is 1190. The molecule has 5 nitrogen and oxygen atoms in total. The van der Waals surface area contributed by atoms with Gasteiger partial charge in [-0.25, -0.2) is 8.78 Å². The minimum Gasteiger partial charge on any atom is -0.353 e. The van der Waals surface area contributed by atoms with Crippen LogP contribution in [0.3, 0.4) is 0 Å². The van der Waals surface area contributed by atoms with E-state index in [1.165, 1.54) is 4.90 Å². The SMILES string of the molecule is CC.Cc1ccc(C(c2ccc(Cl)cc2)N2CC(N(C(=O)CC(=O)NC(C)C)c3cc(F)cc(F)c3)C2)cc1. The molecule has 4 rings (SSSR count). The number of amides is 2. The van der Waals surface area contributed by atoms with Crippen LogP contribution in [-0.2, 0) is 9.59 Å². The van der Waals surface area contributed by atoms with Crippen LogP contribution in [0.25, 0.3) is 0 Å². The van der Waals surface area contributed by atoms with Crippen LogP contribution in [0.4, 0.5) is 14.5 Å². The van der Waals surface area contributed by atoms with Crippen molar-refractivity contribution >= 4 is 29.1 Å². The quantitative estimate of drug-likeness (QED) is 0.316. The van der Waals surface area contributed by atoms with Crippen LogP contribution in [-0.4, -0.2) is 41.9 Å². The molecule has 0 spiro atoms. The topological polar surface area (TPSA) is 52.7 Å². The molecular weight excluding hydrogens is 520 g/mol. The Morgan fingerprint density at radius 2 is 1.46 bits per heavy atom. The van der Waals surface area contributed by atoms with E-state index in [0.29, 0.717) is 18.1 Å². The summed E-state index contributed by atoms with van der Waals surface area (Å²) in [6, 6.07) is 18.3. The van der Waals surface area contributed by atoms with E-state index < -0.39 is 29.9 Å². The molecular formula is C31H36ClF2N3O2. The summed E-state index contributed by atoms with van der Waals surface area (Å²) < 4.78 is 28.2. The molecule has 0 bridgehead atoms. The third-order valence-electron chi connectivity index (χ3n) is 6.36. The number of halogens is 3. The first kappa shape index (κ1) is 30.3. The fourth-order valence-corrected chi connectivity index (χ4v) is 4.83. The van der Waals surface area contributed by atoms with Crippen molar-refractivity contribution in [2.24, 2.45) is 0 Å². The number of carbonyl (C=O) groups excluding carboxylic acids is 2. The standard InChI is InChI=1S/C29H30ClF2N3O2.C2H6/c1-18(2)33-27(36)15-28(37)35(25-13-23(31)12-24(32)14-25)26-16-34(17-26)29(20-6-4-19(3)5-7-20)21-8-10-22(30)11-9-21;1-2/h4-14,18,26,29H,15-17H2,1-3H3,(H,33,36);1-2H3. The van der Waals surface area contributed by atoms with E-state index in [4.69, 9.17) is 11.6 Å². The van der Waals surface area contributed by atoms with Crippen molar-refractivity contribution in [1.82, 2.24) is 10.2 Å². The van der Waals surface area contributed by atoms with Crippen LogP contribution in [0, 0.1) is 18.6 Å². The predicted molar refractivity (Wildman–Crippen MR) is 153 cm³/mol. The highest BCUT2D eigenvalue weighted by Crippen LogP contribution is 2.36. The molecule has 0 radical (unpaired) electrons. The third-order valence-corrected chi connectivity index (χ3v) is 6.61. The van der Waals surface area contributed by atoms with Crippen LogP contribution in [0.15, 0.2) is 66.7 Å². The van der Waals surface area contributed by atoms with Gasteiger partial charge in [-0.05, 0) is 56.2 Å². The maximum atomic E-state index is 14.1. The monoisotopic (exact) mass is 555 g/mol. The predicted octanol–water partition coefficient (Wildman–Crippen LogP) is 6.67. The number of nitrogens with zero attached hydrogens (tertiary/aromatic N) is 2. The minimum atomic E-state index is -0.783. The second-order valence-corrected chi connectivity index (χ2v) is 10.2. The van der Waals surface area contributed by atoms with E-state index in [1.54, 1.807) is 13.8 Å². The molecule has 39 heavy (non-hydrogen) atoms. The van der Waals surface area contributed by atoms with Crippen LogP contribution in [0.5, 0.6) is 0 Å². The van der Waals surface area contributed by atoms with Gasteiger partial charge in [0.25, 0.3) is 0 Å². The second kappa shape index (κ2) is 13.7. The van der Waals surface area contributed by atoms with Gasteiger partial charge < -0.3 is 10.2 Å². The number of carbonyl (C=O) groups is 2. The summed E-state index contributed by atoms with van der Waals surface area (Å²) in [5.74, 6) is -2.51. The lowest BCUT2D eigenvalue weighted by molar-refractivity contribution is -0.128. The smallest absolute Gasteiger partial charge is 0.236 e. The van der Waals surface area contributed by atoms with Crippen LogP contribution in [0.1, 0.15) is 56.8 Å². The summed E-state index contributed by atoms with van der Waals surface area (Å²) in [6.07, 6.45) is -0.411. The lowest BCUT2D eigenvalue weighted by atomic mass is 9.92. The molecule has 3 aromatic rings. The maximum Gasteiger partial charge on any atom is 0.236 e. The van der Waals surface area contributed by atoms with Crippen molar-refractivity contribution < 1.29 is 18.4 Å². The Hall–Kier alpha value is -3.29. The van der Waals surface area contributed by atoms with Gasteiger partial charge in [-0.1, -0.05) is 67.4 Å². The second-order valence-electron chi connectivity index (χ2n) is 9.76. The van der Waals surface area contributed by atoms with Gasteiger partial charge in [-0.2, -0.15) is 0 Å². The fourth-order valence-electron chi connectivity index (χ4n) is 4.70. The minimum absolute atomic E-state index is 0.0976. The zero-order chi connectivity index (χ0) is 28.7. The van der Waals surface area contributed by atoms with Crippen molar-refractivity contribution in [3.8, 4) is 0 Å². The first-order valence-corrected chi connectivity index (χ1v) is 13.6. The highest BCUT2D eigenvalue weighted by Gasteiger charge is 2.40. The summed E-state index contributed by atoms with van der Waals surface area (Å²) >= 11 is 6.12. The first-order valence-electron chi connectivity index (χ1n) is 13.2. The van der Waals surface area contributed by atoms with Gasteiger partial charge in [0.05, 0.1) is 12.1 Å². The molecule has 1 aliphatic rings. The van der Waals surface area contributed by atoms with Gasteiger partial charge in [0.2, 0.25) is 11.8 Å². The van der Waals surface area contributed by atoms with Gasteiger partial charge in [0.1, 0.15) is 18.1 Å². The third kappa shape index (κ3) is 7.87. The molecule has 2 amide bonds. The first-order chi connectivity index (χ1) is 18.6. The number of rotatable bonds is 8. The van der Waals surface area contributed by atoms with E-state index in [0.717, 1.165) is 34.9 Å². The van der Waals surface area contributed by atoms with Crippen molar-refractivity contribution in [2.75, 3.05) is 18.0 Å². The van der Waals surface area contributed by atoms with Crippen LogP contribution >= 0.6 is 11.6 Å². The number of hydrogen-bond donors (Lipinski definition) is 1. The summed E-state index contributed by atoms with van der Waals surface area (Å²) in [5, 5.41) is 3.34. The largest absolute Gasteiger partial charge is 0.353 e. The number of likely N-dealkylation sites (tertiary alicyclic amines) is 1. The summed E-state index contributed by atoms with van der Waals surface area (Å²) in [5.41, 5.74) is 3.36. The molecule has 0 aliphatic carbocycles. The van der Waals surface area contributed by atoms with E-state index in [1.807, 2.05) is 57.2 Å². The van der Waals surface area contributed by atoms with Crippen molar-refractivity contribution in [3.05, 3.63) is 100 Å². The number of anilines is 1. The molecule has 1 heterocycles. The van der Waals surface area contributed by atoms with Crippen molar-refractivity contribution in [1.29, 1.82) is 0 Å². The summed E-state index contributed by atoms with van der Waals surface area (Å²) in [6.45, 7) is 10.5. The van der Waals surface area contributed by atoms with Gasteiger partial charge in [0.15, 0.2) is 0 Å². The van der Waals surface area contributed by atoms with Crippen LogP contribution < -0.4 is 10.2 Å². The number of hydrogen-bond acceptors (Lipinski definition) is 3. The Kier molecular flexibility index (Phi) is 10.6. The van der Waals surface area contributed by atoms with E-state index in [-0.39, 0.29) is 23.8 Å². The highest BCUT2D eigenvalue weighted by molar-refractivity contribution is 6.30. The average molecular weight is 556 g/mol. The molecule has 1 atom stereocenters. The van der Waals surface area contributed by atoms with Gasteiger partial charge in [-0.3, -0.25) is 14.5 Å². The zero-order valence-electron chi connectivity index (χ0n) is 23.0. The molecule has 1 unspecified atom stereocenters. The fraction of sp³-hybridized carbons (Fsp3) is 0.355. The molecule has 0 saturated carbocycles. The Balaban J connectivity index is 0.00000205. The zero-order valence-corrected chi connectivity index (χ0v) is 23.8. The average Bonchev–Trinajstić information content (AvgIpc) is 2.84. The van der Waals surface area contributed by atoms with Crippen molar-refractivity contribution in [2.45, 2.75) is 59.2 Å². The molecule has 0 aromatic heterocycles. The lowest BCUT2D eigenvalue weighted by Crippen LogP contribution is -2.62. The molecule has 1 fully saturated rings. The van der Waals surface area contributed by atoms with E-state index in [9.17, 15) is 18.4 Å². The molecule has 3 aromatic carbocycles. The molecule has 1 N–H and O–H groups in total. The Morgan fingerprint density at radius 3 is 1.97 bits per heavy atom. The molecule has 1 saturated heterocycles. The van der Waals surface area contributed by atoms with Gasteiger partial charge in [0, 0.05) is 35.9 Å². The van der Waals surface area contributed by atoms with Crippen LogP contribution in [0.2, 0.25) is 5.02 Å². The Morgan fingerprint density at radius 1 is 0.949 bits per heavy atom. The number of aryl methyl sites for hydroxylation is 1. The van der Waals surface area contributed by atoms with Gasteiger partial charge in [-0.15, -0.1) is 0 Å². The van der Waals surface area contributed by atoms with E-state index >= 15 is 0 Å². The van der Waals surface area contributed by atoms with Crippen molar-refractivity contribution in [3.63, 3.8) is 0 Å². The molecule has 1 aliphatic heterocycles. The number of benzene rings is 3. The summed E-state index contributed by atoms with van der Waals surface area (Å²) in [7, 11) is 0. The Labute approximate surface area is 234 Å².